The minimum absolute atomic E-state index is 0.192. The molecule has 0 aromatic heterocycles. The molecule has 0 saturated carbocycles. The summed E-state index contributed by atoms with van der Waals surface area (Å²) < 4.78 is 10.1. The molecule has 0 aliphatic rings. The molecule has 0 aromatic rings. The highest BCUT2D eigenvalue weighted by Crippen LogP contribution is 2.01. The van der Waals surface area contributed by atoms with Crippen LogP contribution in [0.5, 0.6) is 0 Å². The maximum Gasteiger partial charge on any atom is 0.206 e. The van der Waals surface area contributed by atoms with Gasteiger partial charge in [-0.2, -0.15) is 0 Å². The lowest BCUT2D eigenvalue weighted by atomic mass is 10.1. The smallest absolute Gasteiger partial charge is 0.206 e. The lowest BCUT2D eigenvalue weighted by molar-refractivity contribution is 0.155. The fourth-order valence-electron chi connectivity index (χ4n) is 1.29. The Labute approximate surface area is 104 Å². The molecule has 1 unspecified atom stereocenters. The van der Waals surface area contributed by atoms with Gasteiger partial charge in [-0.25, -0.2) is 5.84 Å². The molecule has 6 nitrogen and oxygen atoms in total. The Morgan fingerprint density at radius 2 is 2.00 bits per heavy atom. The van der Waals surface area contributed by atoms with Gasteiger partial charge in [-0.05, 0) is 12.3 Å². The molecule has 4 N–H and O–H groups in total. The third kappa shape index (κ3) is 7.95. The van der Waals surface area contributed by atoms with Crippen LogP contribution < -0.4 is 16.6 Å². The van der Waals surface area contributed by atoms with Crippen molar-refractivity contribution in [3.8, 4) is 0 Å². The van der Waals surface area contributed by atoms with Crippen LogP contribution >= 0.6 is 0 Å². The number of guanidine groups is 1. The molecule has 0 rings (SSSR count). The Bertz CT molecular complexity index is 210. The van der Waals surface area contributed by atoms with E-state index in [0.29, 0.717) is 31.6 Å². The van der Waals surface area contributed by atoms with E-state index in [0.717, 1.165) is 6.42 Å². The van der Waals surface area contributed by atoms with Gasteiger partial charge in [0.25, 0.3) is 0 Å². The normalized spacial score (nSPS) is 13.9. The predicted molar refractivity (Wildman–Crippen MR) is 69.8 cm³/mol. The summed E-state index contributed by atoms with van der Waals surface area (Å²) in [6.45, 7) is 6.24. The summed E-state index contributed by atoms with van der Waals surface area (Å²) in [7, 11) is 3.36. The van der Waals surface area contributed by atoms with E-state index >= 15 is 0 Å². The number of hydrogen-bond donors (Lipinski definition) is 3. The van der Waals surface area contributed by atoms with E-state index in [1.807, 2.05) is 0 Å². The standard InChI is InChI=1S/C11H26N4O2/c1-9(2)10(8-17-4)14-11(15-12)13-6-5-7-16-3/h9-10H,5-8,12H2,1-4H3,(H2,13,14,15). The second-order valence-electron chi connectivity index (χ2n) is 4.17. The molecule has 0 amide bonds. The average Bonchev–Trinajstić information content (AvgIpc) is 2.31. The number of nitrogens with zero attached hydrogens (tertiary/aromatic N) is 1. The predicted octanol–water partition coefficient (Wildman–Crippen LogP) is 0.103. The summed E-state index contributed by atoms with van der Waals surface area (Å²) >= 11 is 0. The van der Waals surface area contributed by atoms with Gasteiger partial charge in [-0.3, -0.25) is 10.4 Å². The number of hydrogen-bond acceptors (Lipinski definition) is 4. The van der Waals surface area contributed by atoms with Gasteiger partial charge in [-0.15, -0.1) is 0 Å². The third-order valence-electron chi connectivity index (χ3n) is 2.39. The Balaban J connectivity index is 4.14. The molecule has 0 heterocycles. The first kappa shape index (κ1) is 16.1. The minimum Gasteiger partial charge on any atom is -0.385 e. The monoisotopic (exact) mass is 246 g/mol. The Kier molecular flexibility index (Phi) is 9.80. The summed E-state index contributed by atoms with van der Waals surface area (Å²) in [5, 5.41) is 3.23. The molecule has 102 valence electrons. The van der Waals surface area contributed by atoms with Crippen LogP contribution in [0.4, 0.5) is 0 Å². The van der Waals surface area contributed by atoms with E-state index in [4.69, 9.17) is 15.3 Å². The number of rotatable bonds is 8. The first-order chi connectivity index (χ1) is 8.15. The van der Waals surface area contributed by atoms with E-state index < -0.39 is 0 Å². The van der Waals surface area contributed by atoms with E-state index in [1.54, 1.807) is 14.2 Å². The average molecular weight is 246 g/mol. The van der Waals surface area contributed by atoms with Gasteiger partial charge < -0.3 is 14.8 Å². The Hall–Kier alpha value is -0.850. The highest BCUT2D eigenvalue weighted by molar-refractivity contribution is 5.79. The summed E-state index contributed by atoms with van der Waals surface area (Å²) in [6, 6.07) is 0.192. The summed E-state index contributed by atoms with van der Waals surface area (Å²) in [6.07, 6.45) is 0.875. The maximum atomic E-state index is 5.42. The van der Waals surface area contributed by atoms with Crippen molar-refractivity contribution >= 4 is 5.96 Å². The van der Waals surface area contributed by atoms with Crippen molar-refractivity contribution < 1.29 is 9.47 Å². The zero-order valence-corrected chi connectivity index (χ0v) is 11.3. The van der Waals surface area contributed by atoms with Crippen LogP contribution in [-0.2, 0) is 9.47 Å². The molecule has 17 heavy (non-hydrogen) atoms. The van der Waals surface area contributed by atoms with E-state index in [1.165, 1.54) is 0 Å². The van der Waals surface area contributed by atoms with Crippen molar-refractivity contribution in [3.05, 3.63) is 0 Å². The Morgan fingerprint density at radius 3 is 2.47 bits per heavy atom. The van der Waals surface area contributed by atoms with Crippen LogP contribution in [0.15, 0.2) is 4.99 Å². The molecule has 0 aliphatic carbocycles. The molecule has 0 bridgehead atoms. The number of nitrogens with one attached hydrogen (secondary N) is 2. The molecule has 1 atom stereocenters. The maximum absolute atomic E-state index is 5.42. The van der Waals surface area contributed by atoms with Gasteiger partial charge in [0.15, 0.2) is 0 Å². The highest BCUT2D eigenvalue weighted by atomic mass is 16.5. The van der Waals surface area contributed by atoms with Gasteiger partial charge in [0.05, 0.1) is 12.6 Å². The molecular formula is C11H26N4O2. The quantitative estimate of drug-likeness (QED) is 0.186. The molecular weight excluding hydrogens is 220 g/mol. The fraction of sp³-hybridized carbons (Fsp3) is 0.909. The molecule has 0 saturated heterocycles. The lowest BCUT2D eigenvalue weighted by Crippen LogP contribution is -2.50. The van der Waals surface area contributed by atoms with Crippen LogP contribution in [0.3, 0.4) is 0 Å². The Morgan fingerprint density at radius 1 is 1.29 bits per heavy atom. The van der Waals surface area contributed by atoms with Crippen LogP contribution in [0, 0.1) is 5.92 Å². The number of aliphatic imine (C=N–C) groups is 1. The van der Waals surface area contributed by atoms with Gasteiger partial charge in [0.1, 0.15) is 0 Å². The zero-order chi connectivity index (χ0) is 13.1. The number of hydrazine groups is 1. The molecule has 0 fully saturated rings. The first-order valence-electron chi connectivity index (χ1n) is 5.91. The topological polar surface area (TPSA) is 80.9 Å². The van der Waals surface area contributed by atoms with Gasteiger partial charge in [0, 0.05) is 27.4 Å². The summed E-state index contributed by atoms with van der Waals surface area (Å²) in [5.74, 6) is 6.45. The van der Waals surface area contributed by atoms with Gasteiger partial charge in [0.2, 0.25) is 5.96 Å². The molecule has 0 spiro atoms. The first-order valence-corrected chi connectivity index (χ1v) is 5.91. The minimum atomic E-state index is 0.192. The van der Waals surface area contributed by atoms with E-state index in [9.17, 15) is 0 Å². The molecule has 6 heteroatoms. The molecule has 0 aliphatic heterocycles. The number of methoxy groups -OCH3 is 2. The molecule has 0 radical (unpaired) electrons. The van der Waals surface area contributed by atoms with Crippen molar-refractivity contribution in [3.63, 3.8) is 0 Å². The van der Waals surface area contributed by atoms with Crippen molar-refractivity contribution in [2.24, 2.45) is 16.8 Å². The van der Waals surface area contributed by atoms with Crippen molar-refractivity contribution in [1.82, 2.24) is 10.7 Å². The van der Waals surface area contributed by atoms with Crippen LogP contribution in [0.1, 0.15) is 20.3 Å². The van der Waals surface area contributed by atoms with Crippen LogP contribution in [0.2, 0.25) is 0 Å². The second-order valence-corrected chi connectivity index (χ2v) is 4.17. The second kappa shape index (κ2) is 10.3. The van der Waals surface area contributed by atoms with Gasteiger partial charge in [-0.1, -0.05) is 13.8 Å². The summed E-state index contributed by atoms with van der Waals surface area (Å²) in [5.41, 5.74) is 2.57. The van der Waals surface area contributed by atoms with Crippen LogP contribution in [-0.4, -0.2) is 46.0 Å². The SMILES string of the molecule is COCCCN=C(NN)NC(COC)C(C)C. The summed E-state index contributed by atoms with van der Waals surface area (Å²) in [4.78, 5) is 4.32. The molecule has 0 aromatic carbocycles. The highest BCUT2D eigenvalue weighted by Gasteiger charge is 2.14. The third-order valence-corrected chi connectivity index (χ3v) is 2.39. The number of ether oxygens (including phenoxy) is 2. The lowest BCUT2D eigenvalue weighted by Gasteiger charge is -2.23. The largest absolute Gasteiger partial charge is 0.385 e. The van der Waals surface area contributed by atoms with Crippen molar-refractivity contribution in [2.75, 3.05) is 34.0 Å². The number of nitrogens with two attached hydrogens (primary N) is 1. The van der Waals surface area contributed by atoms with Gasteiger partial charge >= 0.3 is 0 Å². The van der Waals surface area contributed by atoms with Crippen LogP contribution in [0.25, 0.3) is 0 Å². The fourth-order valence-corrected chi connectivity index (χ4v) is 1.29. The van der Waals surface area contributed by atoms with Crippen molar-refractivity contribution in [1.29, 1.82) is 0 Å². The van der Waals surface area contributed by atoms with Crippen molar-refractivity contribution in [2.45, 2.75) is 26.3 Å². The zero-order valence-electron chi connectivity index (χ0n) is 11.3. The van der Waals surface area contributed by atoms with E-state index in [-0.39, 0.29) is 6.04 Å². The van der Waals surface area contributed by atoms with E-state index in [2.05, 4.69) is 29.6 Å².